The van der Waals surface area contributed by atoms with Gasteiger partial charge in [-0.05, 0) is 12.3 Å². The number of nitrogen functional groups attached to an aromatic ring is 1. The monoisotopic (exact) mass is 241 g/mol. The number of esters is 1. The molecule has 3 N–H and O–H groups in total. The van der Waals surface area contributed by atoms with Gasteiger partial charge in [0.25, 0.3) is 0 Å². The molecule has 0 bridgehead atoms. The fraction of sp³-hybridized carbons (Fsp3) is 0.400. The second-order valence-corrected chi connectivity index (χ2v) is 4.05. The first-order chi connectivity index (χ1) is 7.69. The van der Waals surface area contributed by atoms with E-state index in [0.717, 1.165) is 12.3 Å². The molecule has 1 heterocycles. The predicted molar refractivity (Wildman–Crippen MR) is 66.9 cm³/mol. The summed E-state index contributed by atoms with van der Waals surface area (Å²) in [6, 6.07) is 1.60. The van der Waals surface area contributed by atoms with Crippen LogP contribution in [0.5, 0.6) is 0 Å². The molecule has 0 unspecified atom stereocenters. The van der Waals surface area contributed by atoms with E-state index < -0.39 is 5.97 Å². The van der Waals surface area contributed by atoms with Crippen molar-refractivity contribution in [1.29, 1.82) is 0 Å². The molecule has 0 atom stereocenters. The molecular formula is C10H15N3O2S. The van der Waals surface area contributed by atoms with Crippen molar-refractivity contribution in [3.63, 3.8) is 0 Å². The van der Waals surface area contributed by atoms with E-state index in [0.29, 0.717) is 17.1 Å². The molecule has 0 saturated carbocycles. The SMILES string of the molecule is COC(=O)c1cc(NCCSC)ncc1N. The zero-order chi connectivity index (χ0) is 12.0. The van der Waals surface area contributed by atoms with Crippen LogP contribution in [0.3, 0.4) is 0 Å². The Hall–Kier alpha value is -1.43. The Kier molecular flexibility index (Phi) is 4.91. The van der Waals surface area contributed by atoms with Crippen molar-refractivity contribution in [2.45, 2.75) is 0 Å². The summed E-state index contributed by atoms with van der Waals surface area (Å²) in [5.41, 5.74) is 6.28. The molecule has 5 nitrogen and oxygen atoms in total. The third kappa shape index (κ3) is 3.30. The van der Waals surface area contributed by atoms with Gasteiger partial charge in [0, 0.05) is 12.3 Å². The number of hydrogen-bond acceptors (Lipinski definition) is 6. The molecule has 0 saturated heterocycles. The third-order valence-electron chi connectivity index (χ3n) is 1.95. The number of nitrogens with two attached hydrogens (primary N) is 1. The van der Waals surface area contributed by atoms with Crippen molar-refractivity contribution >= 4 is 29.2 Å². The Morgan fingerprint density at radius 1 is 1.69 bits per heavy atom. The number of pyridine rings is 1. The Morgan fingerprint density at radius 2 is 2.44 bits per heavy atom. The summed E-state index contributed by atoms with van der Waals surface area (Å²) in [6.07, 6.45) is 3.48. The number of carbonyl (C=O) groups is 1. The van der Waals surface area contributed by atoms with Gasteiger partial charge in [0.15, 0.2) is 0 Å². The number of nitrogens with one attached hydrogen (secondary N) is 1. The van der Waals surface area contributed by atoms with E-state index >= 15 is 0 Å². The molecule has 0 aliphatic rings. The van der Waals surface area contributed by atoms with Crippen molar-refractivity contribution in [2.75, 3.05) is 36.7 Å². The summed E-state index contributed by atoms with van der Waals surface area (Å²) in [6.45, 7) is 0.790. The Labute approximate surface area is 98.8 Å². The maximum atomic E-state index is 11.4. The molecule has 0 amide bonds. The first-order valence-electron chi connectivity index (χ1n) is 4.75. The molecule has 1 aromatic heterocycles. The van der Waals surface area contributed by atoms with Gasteiger partial charge in [0.1, 0.15) is 5.82 Å². The first kappa shape index (κ1) is 12.6. The molecule has 0 aromatic carbocycles. The van der Waals surface area contributed by atoms with Crippen molar-refractivity contribution < 1.29 is 9.53 Å². The number of thioether (sulfide) groups is 1. The average Bonchev–Trinajstić information content (AvgIpc) is 2.30. The molecule has 0 radical (unpaired) electrons. The van der Waals surface area contributed by atoms with E-state index in [1.165, 1.54) is 13.3 Å². The van der Waals surface area contributed by atoms with Gasteiger partial charge in [0.05, 0.1) is 24.6 Å². The molecule has 0 aliphatic heterocycles. The molecule has 0 fully saturated rings. The van der Waals surface area contributed by atoms with Crippen LogP contribution in [0.4, 0.5) is 11.5 Å². The summed E-state index contributed by atoms with van der Waals surface area (Å²) in [4.78, 5) is 15.4. The van der Waals surface area contributed by atoms with E-state index in [1.54, 1.807) is 17.8 Å². The number of anilines is 2. The average molecular weight is 241 g/mol. The maximum Gasteiger partial charge on any atom is 0.340 e. The number of aromatic nitrogens is 1. The molecule has 1 aromatic rings. The zero-order valence-corrected chi connectivity index (χ0v) is 10.1. The lowest BCUT2D eigenvalue weighted by atomic mass is 10.2. The van der Waals surface area contributed by atoms with Crippen LogP contribution in [-0.4, -0.2) is 36.6 Å². The number of hydrogen-bond donors (Lipinski definition) is 2. The smallest absolute Gasteiger partial charge is 0.340 e. The summed E-state index contributed by atoms with van der Waals surface area (Å²) in [5, 5.41) is 3.10. The van der Waals surface area contributed by atoms with E-state index in [9.17, 15) is 4.79 Å². The molecule has 0 aliphatic carbocycles. The molecular weight excluding hydrogens is 226 g/mol. The van der Waals surface area contributed by atoms with Gasteiger partial charge in [0.2, 0.25) is 0 Å². The minimum absolute atomic E-state index is 0.322. The number of ether oxygens (including phenoxy) is 1. The van der Waals surface area contributed by atoms with Gasteiger partial charge in [-0.15, -0.1) is 0 Å². The van der Waals surface area contributed by atoms with Gasteiger partial charge in [-0.1, -0.05) is 0 Å². The number of carbonyl (C=O) groups excluding carboxylic acids is 1. The van der Waals surface area contributed by atoms with Crippen LogP contribution in [0.2, 0.25) is 0 Å². The minimum Gasteiger partial charge on any atom is -0.465 e. The highest BCUT2D eigenvalue weighted by Crippen LogP contribution is 2.15. The molecule has 1 rings (SSSR count). The summed E-state index contributed by atoms with van der Waals surface area (Å²) in [5.74, 6) is 1.15. The Balaban J connectivity index is 2.77. The lowest BCUT2D eigenvalue weighted by Gasteiger charge is -2.07. The fourth-order valence-corrected chi connectivity index (χ4v) is 1.44. The highest BCUT2D eigenvalue weighted by atomic mass is 32.2. The zero-order valence-electron chi connectivity index (χ0n) is 9.32. The van der Waals surface area contributed by atoms with Crippen LogP contribution >= 0.6 is 11.8 Å². The predicted octanol–water partition coefficient (Wildman–Crippen LogP) is 1.23. The fourth-order valence-electron chi connectivity index (χ4n) is 1.13. The summed E-state index contributed by atoms with van der Waals surface area (Å²) in [7, 11) is 1.32. The van der Waals surface area contributed by atoms with Crippen molar-refractivity contribution in [3.05, 3.63) is 17.8 Å². The van der Waals surface area contributed by atoms with E-state index in [4.69, 9.17) is 5.73 Å². The van der Waals surface area contributed by atoms with Crippen molar-refractivity contribution in [3.8, 4) is 0 Å². The van der Waals surface area contributed by atoms with E-state index in [1.807, 2.05) is 6.26 Å². The van der Waals surface area contributed by atoms with Gasteiger partial charge in [-0.3, -0.25) is 0 Å². The van der Waals surface area contributed by atoms with Gasteiger partial charge in [-0.25, -0.2) is 9.78 Å². The van der Waals surface area contributed by atoms with E-state index in [-0.39, 0.29) is 0 Å². The third-order valence-corrected chi connectivity index (χ3v) is 2.56. The topological polar surface area (TPSA) is 77.2 Å². The van der Waals surface area contributed by atoms with Crippen LogP contribution in [0.1, 0.15) is 10.4 Å². The Bertz CT molecular complexity index is 371. The largest absolute Gasteiger partial charge is 0.465 e. The highest BCUT2D eigenvalue weighted by Gasteiger charge is 2.11. The highest BCUT2D eigenvalue weighted by molar-refractivity contribution is 7.98. The minimum atomic E-state index is -0.451. The van der Waals surface area contributed by atoms with Gasteiger partial charge >= 0.3 is 5.97 Å². The maximum absolute atomic E-state index is 11.4. The molecule has 88 valence electrons. The Morgan fingerprint density at radius 3 is 3.06 bits per heavy atom. The normalized spacial score (nSPS) is 9.88. The van der Waals surface area contributed by atoms with Gasteiger partial charge in [-0.2, -0.15) is 11.8 Å². The number of methoxy groups -OCH3 is 1. The second kappa shape index (κ2) is 6.22. The molecule has 6 heteroatoms. The quantitative estimate of drug-likeness (QED) is 0.596. The number of nitrogens with zero attached hydrogens (tertiary/aromatic N) is 1. The lowest BCUT2D eigenvalue weighted by Crippen LogP contribution is -2.10. The first-order valence-corrected chi connectivity index (χ1v) is 6.15. The summed E-state index contributed by atoms with van der Waals surface area (Å²) >= 11 is 1.73. The van der Waals surface area contributed by atoms with Crippen LogP contribution in [0.15, 0.2) is 12.3 Å². The van der Waals surface area contributed by atoms with Gasteiger partial charge < -0.3 is 15.8 Å². The summed E-state index contributed by atoms with van der Waals surface area (Å²) < 4.78 is 4.62. The van der Waals surface area contributed by atoms with Crippen molar-refractivity contribution in [2.24, 2.45) is 0 Å². The van der Waals surface area contributed by atoms with Crippen molar-refractivity contribution in [1.82, 2.24) is 4.98 Å². The van der Waals surface area contributed by atoms with Crippen LogP contribution in [0, 0.1) is 0 Å². The number of rotatable bonds is 5. The molecule has 0 spiro atoms. The second-order valence-electron chi connectivity index (χ2n) is 3.07. The van der Waals surface area contributed by atoms with Crippen LogP contribution in [-0.2, 0) is 4.74 Å². The lowest BCUT2D eigenvalue weighted by molar-refractivity contribution is 0.0602. The van der Waals surface area contributed by atoms with Crippen LogP contribution < -0.4 is 11.1 Å². The standard InChI is InChI=1S/C10H15N3O2S/c1-15-10(14)7-5-9(12-3-4-16-2)13-6-8(7)11/h5-6H,3-4,11H2,1-2H3,(H,12,13). The molecule has 16 heavy (non-hydrogen) atoms. The van der Waals surface area contributed by atoms with E-state index in [2.05, 4.69) is 15.0 Å². The van der Waals surface area contributed by atoms with Crippen LogP contribution in [0.25, 0.3) is 0 Å².